The third kappa shape index (κ3) is 6.25. The van der Waals surface area contributed by atoms with Gasteiger partial charge in [-0.15, -0.1) is 10.2 Å². The zero-order chi connectivity index (χ0) is 21.5. The van der Waals surface area contributed by atoms with Crippen molar-refractivity contribution in [3.05, 3.63) is 28.7 Å². The van der Waals surface area contributed by atoms with Crippen LogP contribution in [0.2, 0.25) is 0 Å². The van der Waals surface area contributed by atoms with E-state index < -0.39 is 6.04 Å². The van der Waals surface area contributed by atoms with E-state index in [4.69, 9.17) is 0 Å². The standard InChI is InChI=1S/C21H28BrN5O2S/c1-3-13(2)17(24-20(29)23-16-10-5-4-6-11-16)18(28)25-21-27-26-19(30-21)14-8-7-9-15(22)12-14/h7-9,12-13,16-17H,3-6,10-11H2,1-2H3,(H2,23,24,29)(H,25,27,28). The van der Waals surface area contributed by atoms with Gasteiger partial charge < -0.3 is 10.6 Å². The molecule has 1 aliphatic rings. The SMILES string of the molecule is CCC(C)C(NC(=O)NC1CCCCC1)C(=O)Nc1nnc(-c2cccc(Br)c2)s1. The highest BCUT2D eigenvalue weighted by Gasteiger charge is 2.28. The fraction of sp³-hybridized carbons (Fsp3) is 0.524. The lowest BCUT2D eigenvalue weighted by molar-refractivity contribution is -0.119. The predicted octanol–water partition coefficient (Wildman–Crippen LogP) is 4.95. The molecule has 1 aromatic heterocycles. The molecule has 1 aromatic carbocycles. The largest absolute Gasteiger partial charge is 0.335 e. The van der Waals surface area contributed by atoms with E-state index in [-0.39, 0.29) is 23.9 Å². The van der Waals surface area contributed by atoms with Crippen LogP contribution in [0.1, 0.15) is 52.4 Å². The van der Waals surface area contributed by atoms with Gasteiger partial charge in [-0.1, -0.05) is 78.9 Å². The van der Waals surface area contributed by atoms with Crippen molar-refractivity contribution in [2.45, 2.75) is 64.5 Å². The molecule has 1 fully saturated rings. The minimum Gasteiger partial charge on any atom is -0.335 e. The lowest BCUT2D eigenvalue weighted by Gasteiger charge is -2.26. The van der Waals surface area contributed by atoms with Gasteiger partial charge in [-0.3, -0.25) is 10.1 Å². The maximum Gasteiger partial charge on any atom is 0.315 e. The van der Waals surface area contributed by atoms with Crippen LogP contribution in [0.4, 0.5) is 9.93 Å². The Hall–Kier alpha value is -2.00. The van der Waals surface area contributed by atoms with Crippen LogP contribution < -0.4 is 16.0 Å². The molecule has 0 spiro atoms. The molecular formula is C21H28BrN5O2S. The van der Waals surface area contributed by atoms with Crippen LogP contribution in [-0.4, -0.2) is 34.2 Å². The lowest BCUT2D eigenvalue weighted by Crippen LogP contribution is -2.53. The highest BCUT2D eigenvalue weighted by molar-refractivity contribution is 9.10. The van der Waals surface area contributed by atoms with Crippen LogP contribution in [0.25, 0.3) is 10.6 Å². The first-order chi connectivity index (χ1) is 14.5. The molecule has 0 radical (unpaired) electrons. The number of halogens is 1. The number of benzene rings is 1. The summed E-state index contributed by atoms with van der Waals surface area (Å²) in [6.07, 6.45) is 6.26. The van der Waals surface area contributed by atoms with E-state index in [1.165, 1.54) is 17.8 Å². The number of aromatic nitrogens is 2. The van der Waals surface area contributed by atoms with Crippen LogP contribution in [0.3, 0.4) is 0 Å². The first kappa shape index (κ1) is 22.7. The van der Waals surface area contributed by atoms with Crippen LogP contribution in [0, 0.1) is 5.92 Å². The molecule has 7 nitrogen and oxygen atoms in total. The summed E-state index contributed by atoms with van der Waals surface area (Å²) in [5.74, 6) is -0.292. The second-order valence-electron chi connectivity index (χ2n) is 7.73. The number of amides is 3. The Kier molecular flexibility index (Phi) is 8.21. The van der Waals surface area contributed by atoms with Gasteiger partial charge in [0.05, 0.1) is 0 Å². The van der Waals surface area contributed by atoms with Crippen molar-refractivity contribution in [1.29, 1.82) is 0 Å². The number of hydrogen-bond acceptors (Lipinski definition) is 5. The van der Waals surface area contributed by atoms with Crippen LogP contribution >= 0.6 is 27.3 Å². The molecule has 30 heavy (non-hydrogen) atoms. The zero-order valence-corrected chi connectivity index (χ0v) is 19.7. The normalized spacial score (nSPS) is 16.5. The molecule has 0 saturated heterocycles. The molecule has 0 aliphatic heterocycles. The van der Waals surface area contributed by atoms with E-state index in [9.17, 15) is 9.59 Å². The third-order valence-corrected chi connectivity index (χ3v) is 6.83. The van der Waals surface area contributed by atoms with Crippen molar-refractivity contribution in [1.82, 2.24) is 20.8 Å². The summed E-state index contributed by atoms with van der Waals surface area (Å²) in [6, 6.07) is 7.02. The summed E-state index contributed by atoms with van der Waals surface area (Å²) < 4.78 is 0.950. The number of nitrogens with zero attached hydrogens (tertiary/aromatic N) is 2. The first-order valence-electron chi connectivity index (χ1n) is 10.4. The van der Waals surface area contributed by atoms with Gasteiger partial charge in [0.15, 0.2) is 0 Å². The maximum atomic E-state index is 12.9. The number of rotatable bonds is 7. The van der Waals surface area contributed by atoms with E-state index in [1.54, 1.807) is 0 Å². The van der Waals surface area contributed by atoms with E-state index in [0.29, 0.717) is 5.13 Å². The van der Waals surface area contributed by atoms with Crippen molar-refractivity contribution in [3.63, 3.8) is 0 Å². The van der Waals surface area contributed by atoms with Gasteiger partial charge in [0.1, 0.15) is 11.0 Å². The fourth-order valence-electron chi connectivity index (χ4n) is 3.51. The number of anilines is 1. The molecule has 162 valence electrons. The molecule has 9 heteroatoms. The second-order valence-corrected chi connectivity index (χ2v) is 9.62. The number of carbonyl (C=O) groups excluding carboxylic acids is 2. The molecular weight excluding hydrogens is 466 g/mol. The maximum absolute atomic E-state index is 12.9. The summed E-state index contributed by atoms with van der Waals surface area (Å²) in [5.41, 5.74) is 0.922. The summed E-state index contributed by atoms with van der Waals surface area (Å²) in [4.78, 5) is 25.4. The van der Waals surface area contributed by atoms with Crippen molar-refractivity contribution in [2.75, 3.05) is 5.32 Å². The molecule has 1 heterocycles. The number of hydrogen-bond donors (Lipinski definition) is 3. The van der Waals surface area contributed by atoms with Crippen molar-refractivity contribution < 1.29 is 9.59 Å². The van der Waals surface area contributed by atoms with Crippen molar-refractivity contribution in [3.8, 4) is 10.6 Å². The summed E-state index contributed by atoms with van der Waals surface area (Å²) in [6.45, 7) is 3.96. The molecule has 0 bridgehead atoms. The molecule has 1 saturated carbocycles. The second kappa shape index (κ2) is 10.9. The Bertz CT molecular complexity index is 869. The third-order valence-electron chi connectivity index (χ3n) is 5.45. The topological polar surface area (TPSA) is 96.0 Å². The van der Waals surface area contributed by atoms with E-state index in [1.807, 2.05) is 38.1 Å². The molecule has 3 N–H and O–H groups in total. The highest BCUT2D eigenvalue weighted by Crippen LogP contribution is 2.28. The van der Waals surface area contributed by atoms with Gasteiger partial charge in [-0.25, -0.2) is 4.79 Å². The average molecular weight is 494 g/mol. The molecule has 2 aromatic rings. The van der Waals surface area contributed by atoms with Gasteiger partial charge in [-0.05, 0) is 30.9 Å². The Labute approximate surface area is 189 Å². The Morgan fingerprint density at radius 3 is 2.70 bits per heavy atom. The van der Waals surface area contributed by atoms with Crippen LogP contribution in [-0.2, 0) is 4.79 Å². The van der Waals surface area contributed by atoms with Crippen molar-refractivity contribution >= 4 is 44.3 Å². The van der Waals surface area contributed by atoms with Gasteiger partial charge >= 0.3 is 6.03 Å². The quantitative estimate of drug-likeness (QED) is 0.508. The van der Waals surface area contributed by atoms with Crippen LogP contribution in [0.5, 0.6) is 0 Å². The minimum atomic E-state index is -0.642. The first-order valence-corrected chi connectivity index (χ1v) is 12.0. The number of carbonyl (C=O) groups is 2. The Morgan fingerprint density at radius 2 is 2.00 bits per heavy atom. The Morgan fingerprint density at radius 1 is 1.23 bits per heavy atom. The minimum absolute atomic E-state index is 0.0143. The van der Waals surface area contributed by atoms with Crippen LogP contribution in [0.15, 0.2) is 28.7 Å². The molecule has 1 aliphatic carbocycles. The number of nitrogens with one attached hydrogen (secondary N) is 3. The average Bonchev–Trinajstić information content (AvgIpc) is 3.20. The smallest absolute Gasteiger partial charge is 0.315 e. The molecule has 2 unspecified atom stereocenters. The lowest BCUT2D eigenvalue weighted by atomic mass is 9.95. The monoisotopic (exact) mass is 493 g/mol. The fourth-order valence-corrected chi connectivity index (χ4v) is 4.65. The number of urea groups is 1. The highest BCUT2D eigenvalue weighted by atomic mass is 79.9. The summed E-state index contributed by atoms with van der Waals surface area (Å²) in [5, 5.41) is 18.1. The molecule has 3 amide bonds. The molecule has 3 rings (SSSR count). The van der Waals surface area contributed by atoms with E-state index in [0.717, 1.165) is 47.1 Å². The van der Waals surface area contributed by atoms with Gasteiger partial charge in [0, 0.05) is 16.1 Å². The summed E-state index contributed by atoms with van der Waals surface area (Å²) >= 11 is 4.75. The van der Waals surface area contributed by atoms with E-state index >= 15 is 0 Å². The zero-order valence-electron chi connectivity index (χ0n) is 17.3. The van der Waals surface area contributed by atoms with Gasteiger partial charge in [-0.2, -0.15) is 0 Å². The van der Waals surface area contributed by atoms with Gasteiger partial charge in [0.25, 0.3) is 0 Å². The van der Waals surface area contributed by atoms with Gasteiger partial charge in [0.2, 0.25) is 11.0 Å². The Balaban J connectivity index is 1.63. The van der Waals surface area contributed by atoms with Crippen molar-refractivity contribution in [2.24, 2.45) is 5.92 Å². The molecule has 2 atom stereocenters. The summed E-state index contributed by atoms with van der Waals surface area (Å²) in [7, 11) is 0. The van der Waals surface area contributed by atoms with E-state index in [2.05, 4.69) is 42.1 Å². The predicted molar refractivity (Wildman–Crippen MR) is 123 cm³/mol.